The molecule has 1 radical (unpaired) electrons. The van der Waals surface area contributed by atoms with Gasteiger partial charge in [0.1, 0.15) is 11.2 Å². The predicted octanol–water partition coefficient (Wildman–Crippen LogP) is 3.94. The van der Waals surface area contributed by atoms with Crippen molar-refractivity contribution >= 4 is 45.7 Å². The van der Waals surface area contributed by atoms with Crippen molar-refractivity contribution in [1.82, 2.24) is 4.98 Å². The molecule has 0 aliphatic rings. The van der Waals surface area contributed by atoms with Crippen molar-refractivity contribution in [2.75, 3.05) is 0 Å². The zero-order chi connectivity index (χ0) is 18.5. The average Bonchev–Trinajstić information content (AvgIpc) is 2.98. The molecule has 0 aliphatic heterocycles. The van der Waals surface area contributed by atoms with E-state index in [1.807, 2.05) is 50.4 Å². The monoisotopic (exact) mass is 346 g/mol. The zero-order valence-corrected chi connectivity index (χ0v) is 15.4. The van der Waals surface area contributed by atoms with Gasteiger partial charge in [-0.25, -0.2) is 0 Å². The first-order valence-corrected chi connectivity index (χ1v) is 8.69. The summed E-state index contributed by atoms with van der Waals surface area (Å²) in [5, 5.41) is 14.6. The lowest BCUT2D eigenvalue weighted by Crippen LogP contribution is -2.49. The van der Waals surface area contributed by atoms with Crippen molar-refractivity contribution in [1.29, 1.82) is 0 Å². The number of hydrogen-bond acceptors (Lipinski definition) is 4. The molecule has 0 amide bonds. The van der Waals surface area contributed by atoms with E-state index in [9.17, 15) is 5.11 Å². The summed E-state index contributed by atoms with van der Waals surface area (Å²) >= 11 is 0. The topological polar surface area (TPSA) is 55.5 Å². The van der Waals surface area contributed by atoms with Crippen LogP contribution in [0.3, 0.4) is 0 Å². The molecule has 4 nitrogen and oxygen atoms in total. The van der Waals surface area contributed by atoms with E-state index in [0.29, 0.717) is 0 Å². The summed E-state index contributed by atoms with van der Waals surface area (Å²) < 4.78 is 12.1. The number of para-hydroxylation sites is 1. The highest BCUT2D eigenvalue weighted by atomic mass is 16.5. The van der Waals surface area contributed by atoms with Crippen molar-refractivity contribution in [2.24, 2.45) is 0 Å². The van der Waals surface area contributed by atoms with Crippen LogP contribution in [0.4, 0.5) is 0 Å². The quantitative estimate of drug-likeness (QED) is 0.569. The minimum atomic E-state index is -0.991. The van der Waals surface area contributed by atoms with E-state index in [-0.39, 0.29) is 0 Å². The molecule has 0 bridgehead atoms. The smallest absolute Gasteiger partial charge is 0.334 e. The van der Waals surface area contributed by atoms with Crippen molar-refractivity contribution in [3.63, 3.8) is 0 Å². The molecule has 1 N–H and O–H groups in total. The maximum Gasteiger partial charge on any atom is 0.334 e. The first-order valence-electron chi connectivity index (χ1n) is 8.69. The Bertz CT molecular complexity index is 1110. The van der Waals surface area contributed by atoms with E-state index in [1.165, 1.54) is 0 Å². The van der Waals surface area contributed by atoms with Crippen LogP contribution in [-0.4, -0.2) is 28.8 Å². The molecule has 0 atom stereocenters. The van der Waals surface area contributed by atoms with Crippen molar-refractivity contribution in [2.45, 2.75) is 38.9 Å². The molecule has 0 fully saturated rings. The first-order chi connectivity index (χ1) is 12.3. The number of aliphatic hydroxyl groups is 1. The van der Waals surface area contributed by atoms with Crippen molar-refractivity contribution < 1.29 is 14.2 Å². The summed E-state index contributed by atoms with van der Waals surface area (Å²) in [7, 11) is 1.68. The van der Waals surface area contributed by atoms with Gasteiger partial charge < -0.3 is 14.2 Å². The highest BCUT2D eigenvalue weighted by Gasteiger charge is 2.36. The van der Waals surface area contributed by atoms with Crippen LogP contribution in [0, 0.1) is 0 Å². The van der Waals surface area contributed by atoms with Crippen LogP contribution >= 0.6 is 0 Å². The Hall–Kier alpha value is -2.37. The fraction of sp³-hybridized carbons (Fsp3) is 0.286. The van der Waals surface area contributed by atoms with Gasteiger partial charge in [0.25, 0.3) is 0 Å². The SMILES string of the molecule is CC(C)(O)C(C)(C)O[B]c1cc2cnccc2c2c1oc1ccccc12. The van der Waals surface area contributed by atoms with E-state index in [1.54, 1.807) is 27.5 Å². The lowest BCUT2D eigenvalue weighted by molar-refractivity contribution is -0.0893. The van der Waals surface area contributed by atoms with Gasteiger partial charge in [0, 0.05) is 28.6 Å². The molecule has 0 unspecified atom stereocenters. The fourth-order valence-corrected chi connectivity index (χ4v) is 2.94. The van der Waals surface area contributed by atoms with Gasteiger partial charge in [-0.15, -0.1) is 0 Å². The highest BCUT2D eigenvalue weighted by Crippen LogP contribution is 2.33. The normalized spacial score (nSPS) is 13.0. The summed E-state index contributed by atoms with van der Waals surface area (Å²) in [6.45, 7) is 7.20. The van der Waals surface area contributed by atoms with Crippen LogP contribution < -0.4 is 5.46 Å². The molecule has 0 saturated heterocycles. The van der Waals surface area contributed by atoms with E-state index < -0.39 is 11.2 Å². The average molecular weight is 346 g/mol. The van der Waals surface area contributed by atoms with Crippen molar-refractivity contribution in [3.8, 4) is 0 Å². The minimum Gasteiger partial charge on any atom is -0.457 e. The second kappa shape index (κ2) is 5.83. The van der Waals surface area contributed by atoms with Gasteiger partial charge in [-0.1, -0.05) is 24.3 Å². The summed E-state index contributed by atoms with van der Waals surface area (Å²) in [4.78, 5) is 4.25. The Morgan fingerprint density at radius 1 is 1.08 bits per heavy atom. The van der Waals surface area contributed by atoms with E-state index in [2.05, 4.69) is 11.1 Å². The van der Waals surface area contributed by atoms with E-state index in [4.69, 9.17) is 9.07 Å². The standard InChI is InChI=1S/C21H21BNO3/c1-20(2,24)21(3,4)26-22-16-11-13-12-23-10-9-14(13)18-15-7-5-6-8-17(15)25-19(16)18/h5-12,24H,1-4H3. The molecule has 5 heteroatoms. The minimum absolute atomic E-state index is 0.755. The molecule has 0 aliphatic carbocycles. The summed E-state index contributed by atoms with van der Waals surface area (Å²) in [5.41, 5.74) is 0.693. The number of benzene rings is 2. The first kappa shape index (κ1) is 17.1. The van der Waals surface area contributed by atoms with Gasteiger partial charge in [0.15, 0.2) is 0 Å². The summed E-state index contributed by atoms with van der Waals surface area (Å²) in [5.74, 6) is 0. The zero-order valence-electron chi connectivity index (χ0n) is 15.4. The second-order valence-electron chi connectivity index (χ2n) is 7.67. The predicted molar refractivity (Wildman–Crippen MR) is 106 cm³/mol. The number of aromatic nitrogens is 1. The Morgan fingerprint density at radius 2 is 1.85 bits per heavy atom. The van der Waals surface area contributed by atoms with Crippen LogP contribution in [0.1, 0.15) is 27.7 Å². The fourth-order valence-electron chi connectivity index (χ4n) is 2.94. The summed E-state index contributed by atoms with van der Waals surface area (Å²) in [6.07, 6.45) is 3.63. The maximum atomic E-state index is 10.3. The van der Waals surface area contributed by atoms with Gasteiger partial charge in [-0.05, 0) is 50.7 Å². The molecule has 0 saturated carbocycles. The molecule has 0 spiro atoms. The van der Waals surface area contributed by atoms with Gasteiger partial charge in [0.05, 0.1) is 11.2 Å². The molecule has 2 aromatic heterocycles. The Balaban J connectivity index is 1.91. The van der Waals surface area contributed by atoms with Gasteiger partial charge >= 0.3 is 7.48 Å². The number of nitrogens with zero attached hydrogens (tertiary/aromatic N) is 1. The molecule has 2 aromatic carbocycles. The molecule has 131 valence electrons. The number of furan rings is 1. The Kier molecular flexibility index (Phi) is 3.83. The van der Waals surface area contributed by atoms with Crippen molar-refractivity contribution in [3.05, 3.63) is 48.8 Å². The molecule has 4 rings (SSSR count). The van der Waals surface area contributed by atoms with Crippen LogP contribution in [0.2, 0.25) is 0 Å². The highest BCUT2D eigenvalue weighted by molar-refractivity contribution is 6.52. The van der Waals surface area contributed by atoms with Crippen LogP contribution in [-0.2, 0) is 4.65 Å². The molecule has 2 heterocycles. The third kappa shape index (κ3) is 2.68. The number of fused-ring (bicyclic) bond motifs is 5. The second-order valence-corrected chi connectivity index (χ2v) is 7.67. The van der Waals surface area contributed by atoms with Gasteiger partial charge in [-0.2, -0.15) is 0 Å². The van der Waals surface area contributed by atoms with Crippen LogP contribution in [0.5, 0.6) is 0 Å². The van der Waals surface area contributed by atoms with Gasteiger partial charge in [-0.3, -0.25) is 4.98 Å². The molecular weight excluding hydrogens is 325 g/mol. The van der Waals surface area contributed by atoms with Crippen LogP contribution in [0.25, 0.3) is 32.7 Å². The van der Waals surface area contributed by atoms with E-state index in [0.717, 1.165) is 38.2 Å². The van der Waals surface area contributed by atoms with Crippen LogP contribution in [0.15, 0.2) is 53.2 Å². The van der Waals surface area contributed by atoms with E-state index >= 15 is 0 Å². The molecule has 26 heavy (non-hydrogen) atoms. The Morgan fingerprint density at radius 3 is 2.62 bits per heavy atom. The largest absolute Gasteiger partial charge is 0.457 e. The summed E-state index contributed by atoms with van der Waals surface area (Å²) in [6, 6.07) is 12.0. The number of hydrogen-bond donors (Lipinski definition) is 1. The maximum absolute atomic E-state index is 10.3. The third-order valence-electron chi connectivity index (χ3n) is 5.24. The number of rotatable bonds is 4. The Labute approximate surface area is 153 Å². The lowest BCUT2D eigenvalue weighted by Gasteiger charge is -2.37. The number of pyridine rings is 1. The van der Waals surface area contributed by atoms with Gasteiger partial charge in [0.2, 0.25) is 0 Å². The molecule has 4 aromatic rings. The molecular formula is C21H21BNO3. The third-order valence-corrected chi connectivity index (χ3v) is 5.24. The lowest BCUT2D eigenvalue weighted by atomic mass is 9.81.